The molecule has 1 N–H and O–H groups in total. The maximum Gasteiger partial charge on any atom is 0.137 e. The van der Waals surface area contributed by atoms with Gasteiger partial charge in [0.1, 0.15) is 11.6 Å². The first-order chi connectivity index (χ1) is 12.7. The lowest BCUT2D eigenvalue weighted by Crippen LogP contribution is -2.09. The van der Waals surface area contributed by atoms with Gasteiger partial charge in [-0.25, -0.2) is 9.37 Å². The summed E-state index contributed by atoms with van der Waals surface area (Å²) >= 11 is 0. The molecule has 0 aliphatic carbocycles. The molecule has 3 aromatic rings. The van der Waals surface area contributed by atoms with Crippen molar-refractivity contribution >= 4 is 0 Å². The Labute approximate surface area is 161 Å². The molecule has 0 radical (unpaired) electrons. The average molecular weight is 365 g/mol. The van der Waals surface area contributed by atoms with Crippen LogP contribution < -0.4 is 0 Å². The first-order valence-electron chi connectivity index (χ1n) is 9.62. The summed E-state index contributed by atoms with van der Waals surface area (Å²) in [4.78, 5) is 8.09. The first kappa shape index (κ1) is 19.3. The minimum Gasteiger partial charge on any atom is -0.341 e. The van der Waals surface area contributed by atoms with E-state index < -0.39 is 0 Å². The number of aromatic amines is 1. The number of halogens is 1. The smallest absolute Gasteiger partial charge is 0.137 e. The Hall–Kier alpha value is -2.42. The third kappa shape index (κ3) is 4.85. The highest BCUT2D eigenvalue weighted by Gasteiger charge is 2.21. The van der Waals surface area contributed by atoms with E-state index in [0.29, 0.717) is 5.92 Å². The highest BCUT2D eigenvalue weighted by molar-refractivity contribution is 5.56. The molecule has 0 aliphatic rings. The lowest BCUT2D eigenvalue weighted by Gasteiger charge is -2.20. The topological polar surface area (TPSA) is 28.7 Å². The number of benzene rings is 2. The van der Waals surface area contributed by atoms with E-state index in [1.165, 1.54) is 17.7 Å². The lowest BCUT2D eigenvalue weighted by atomic mass is 9.86. The van der Waals surface area contributed by atoms with Crippen molar-refractivity contribution in [3.05, 3.63) is 77.4 Å². The highest BCUT2D eigenvalue weighted by Crippen LogP contribution is 2.32. The average Bonchev–Trinajstić information content (AvgIpc) is 3.05. The molecular formula is C24H29FN2. The normalized spacial score (nSPS) is 13.1. The van der Waals surface area contributed by atoms with Crippen LogP contribution in [0.5, 0.6) is 0 Å². The lowest BCUT2D eigenvalue weighted by molar-refractivity contribution is 0.411. The monoisotopic (exact) mass is 364 g/mol. The second-order valence-electron chi connectivity index (χ2n) is 8.89. The van der Waals surface area contributed by atoms with Crippen molar-refractivity contribution in [2.45, 2.75) is 47.0 Å². The summed E-state index contributed by atoms with van der Waals surface area (Å²) in [5.41, 5.74) is 4.86. The molecule has 142 valence electrons. The summed E-state index contributed by atoms with van der Waals surface area (Å²) in [7, 11) is 0. The largest absolute Gasteiger partial charge is 0.341 e. The second kappa shape index (κ2) is 7.67. The van der Waals surface area contributed by atoms with Crippen molar-refractivity contribution in [2.24, 2.45) is 11.3 Å². The van der Waals surface area contributed by atoms with E-state index in [4.69, 9.17) is 0 Å². The van der Waals surface area contributed by atoms with Crippen molar-refractivity contribution in [1.29, 1.82) is 0 Å². The summed E-state index contributed by atoms with van der Waals surface area (Å²) < 4.78 is 13.3. The van der Waals surface area contributed by atoms with Crippen molar-refractivity contribution in [3.8, 4) is 11.4 Å². The standard InChI is InChI=1S/C24H29FN2/c1-16(2)22(18-10-12-20(25)13-11-18)21-15-26-23(27-21)19-8-6-17(7-9-19)14-24(3,4)5/h6-13,15-16,22H,14H2,1-5H3,(H,26,27). The maximum absolute atomic E-state index is 13.3. The van der Waals surface area contributed by atoms with Gasteiger partial charge in [0, 0.05) is 23.4 Å². The van der Waals surface area contributed by atoms with Gasteiger partial charge < -0.3 is 4.98 Å². The fourth-order valence-electron chi connectivity index (χ4n) is 3.63. The molecule has 0 bridgehead atoms. The van der Waals surface area contributed by atoms with Gasteiger partial charge in [-0.3, -0.25) is 0 Å². The maximum atomic E-state index is 13.3. The van der Waals surface area contributed by atoms with Crippen LogP contribution in [0.3, 0.4) is 0 Å². The van der Waals surface area contributed by atoms with Crippen LogP contribution in [0.25, 0.3) is 11.4 Å². The molecule has 27 heavy (non-hydrogen) atoms. The fraction of sp³-hybridized carbons (Fsp3) is 0.375. The SMILES string of the molecule is CC(C)C(c1ccc(F)cc1)c1cnc(-c2ccc(CC(C)(C)C)cc2)[nH]1. The zero-order valence-electron chi connectivity index (χ0n) is 16.9. The minimum absolute atomic E-state index is 0.159. The molecule has 0 amide bonds. The molecule has 3 rings (SSSR count). The fourth-order valence-corrected chi connectivity index (χ4v) is 3.63. The second-order valence-corrected chi connectivity index (χ2v) is 8.89. The Balaban J connectivity index is 1.85. The molecule has 1 heterocycles. The molecule has 1 atom stereocenters. The van der Waals surface area contributed by atoms with Gasteiger partial charge in [0.2, 0.25) is 0 Å². The highest BCUT2D eigenvalue weighted by atomic mass is 19.1. The Morgan fingerprint density at radius 3 is 2.15 bits per heavy atom. The molecular weight excluding hydrogens is 335 g/mol. The molecule has 0 fully saturated rings. The summed E-state index contributed by atoms with van der Waals surface area (Å²) in [6.45, 7) is 11.1. The van der Waals surface area contributed by atoms with Gasteiger partial charge in [0.05, 0.1) is 0 Å². The van der Waals surface area contributed by atoms with E-state index in [-0.39, 0.29) is 17.2 Å². The van der Waals surface area contributed by atoms with Crippen LogP contribution in [0.1, 0.15) is 57.4 Å². The number of imidazole rings is 1. The van der Waals surface area contributed by atoms with Crippen LogP contribution in [0.15, 0.2) is 54.7 Å². The molecule has 0 saturated carbocycles. The number of rotatable bonds is 5. The van der Waals surface area contributed by atoms with Gasteiger partial charge in [0.25, 0.3) is 0 Å². The van der Waals surface area contributed by atoms with Gasteiger partial charge in [-0.1, -0.05) is 71.0 Å². The van der Waals surface area contributed by atoms with E-state index >= 15 is 0 Å². The Bertz CT molecular complexity index is 868. The van der Waals surface area contributed by atoms with Gasteiger partial charge in [-0.05, 0) is 41.0 Å². The van der Waals surface area contributed by atoms with Crippen molar-refractivity contribution in [2.75, 3.05) is 0 Å². The number of nitrogens with one attached hydrogen (secondary N) is 1. The quantitative estimate of drug-likeness (QED) is 0.543. The number of H-pyrrole nitrogens is 1. The summed E-state index contributed by atoms with van der Waals surface area (Å²) in [5.74, 6) is 1.20. The Morgan fingerprint density at radius 1 is 0.963 bits per heavy atom. The van der Waals surface area contributed by atoms with E-state index in [0.717, 1.165) is 29.1 Å². The summed E-state index contributed by atoms with van der Waals surface area (Å²) in [5, 5.41) is 0. The van der Waals surface area contributed by atoms with Gasteiger partial charge in [0.15, 0.2) is 0 Å². The van der Waals surface area contributed by atoms with E-state index in [9.17, 15) is 4.39 Å². The molecule has 1 unspecified atom stereocenters. The van der Waals surface area contributed by atoms with Crippen molar-refractivity contribution in [3.63, 3.8) is 0 Å². The Morgan fingerprint density at radius 2 is 1.59 bits per heavy atom. The van der Waals surface area contributed by atoms with E-state index in [1.54, 1.807) is 0 Å². The van der Waals surface area contributed by atoms with Crippen LogP contribution in [-0.4, -0.2) is 9.97 Å². The van der Waals surface area contributed by atoms with E-state index in [2.05, 4.69) is 68.9 Å². The summed E-state index contributed by atoms with van der Waals surface area (Å²) in [6, 6.07) is 15.4. The molecule has 1 aromatic heterocycles. The molecule has 2 aromatic carbocycles. The zero-order chi connectivity index (χ0) is 19.6. The van der Waals surface area contributed by atoms with Crippen LogP contribution in [0, 0.1) is 17.2 Å². The minimum atomic E-state index is -0.207. The van der Waals surface area contributed by atoms with Gasteiger partial charge >= 0.3 is 0 Å². The number of aromatic nitrogens is 2. The van der Waals surface area contributed by atoms with Crippen LogP contribution in [-0.2, 0) is 6.42 Å². The van der Waals surface area contributed by atoms with Gasteiger partial charge in [-0.15, -0.1) is 0 Å². The molecule has 0 spiro atoms. The summed E-state index contributed by atoms with van der Waals surface area (Å²) in [6.07, 6.45) is 2.96. The Kier molecular flexibility index (Phi) is 5.50. The van der Waals surface area contributed by atoms with Crippen LogP contribution in [0.4, 0.5) is 4.39 Å². The van der Waals surface area contributed by atoms with Crippen LogP contribution in [0.2, 0.25) is 0 Å². The number of nitrogens with zero attached hydrogens (tertiary/aromatic N) is 1. The zero-order valence-corrected chi connectivity index (χ0v) is 16.9. The predicted octanol–water partition coefficient (Wildman–Crippen LogP) is 6.59. The number of hydrogen-bond acceptors (Lipinski definition) is 1. The molecule has 0 aliphatic heterocycles. The molecule has 3 heteroatoms. The predicted molar refractivity (Wildman–Crippen MR) is 110 cm³/mol. The third-order valence-electron chi connectivity index (χ3n) is 4.79. The molecule has 2 nitrogen and oxygen atoms in total. The number of hydrogen-bond donors (Lipinski definition) is 1. The third-order valence-corrected chi connectivity index (χ3v) is 4.79. The van der Waals surface area contributed by atoms with Crippen molar-refractivity contribution < 1.29 is 4.39 Å². The van der Waals surface area contributed by atoms with Crippen LogP contribution >= 0.6 is 0 Å². The first-order valence-corrected chi connectivity index (χ1v) is 9.62. The van der Waals surface area contributed by atoms with E-state index in [1.807, 2.05) is 18.3 Å². The van der Waals surface area contributed by atoms with Gasteiger partial charge in [-0.2, -0.15) is 0 Å². The van der Waals surface area contributed by atoms with Crippen molar-refractivity contribution in [1.82, 2.24) is 9.97 Å². The molecule has 0 saturated heterocycles.